The molecule has 2 saturated heterocycles. The van der Waals surface area contributed by atoms with Gasteiger partial charge in [-0.2, -0.15) is 0 Å². The van der Waals surface area contributed by atoms with Crippen molar-refractivity contribution < 1.29 is 4.74 Å². The van der Waals surface area contributed by atoms with Crippen LogP contribution in [0.3, 0.4) is 0 Å². The molecule has 4 heteroatoms. The molecule has 0 bridgehead atoms. The van der Waals surface area contributed by atoms with Crippen molar-refractivity contribution >= 4 is 0 Å². The van der Waals surface area contributed by atoms with E-state index in [2.05, 4.69) is 56.2 Å². The van der Waals surface area contributed by atoms with Gasteiger partial charge in [0.05, 0.1) is 13.2 Å². The van der Waals surface area contributed by atoms with Gasteiger partial charge in [0, 0.05) is 31.7 Å². The smallest absolute Gasteiger partial charge is 0.0594 e. The number of nitrogens with zero attached hydrogens (tertiary/aromatic N) is 3. The van der Waals surface area contributed by atoms with E-state index in [4.69, 9.17) is 4.74 Å². The van der Waals surface area contributed by atoms with Crippen molar-refractivity contribution in [3.8, 4) is 0 Å². The van der Waals surface area contributed by atoms with Crippen LogP contribution in [0.25, 0.3) is 0 Å². The van der Waals surface area contributed by atoms with Gasteiger partial charge >= 0.3 is 0 Å². The van der Waals surface area contributed by atoms with Crippen LogP contribution in [0.1, 0.15) is 73.6 Å². The molecular formula is C23H49N3O. The van der Waals surface area contributed by atoms with Gasteiger partial charge in [0.1, 0.15) is 0 Å². The molecule has 0 amide bonds. The molecule has 0 aliphatic carbocycles. The molecule has 2 aliphatic heterocycles. The van der Waals surface area contributed by atoms with Crippen molar-refractivity contribution in [1.29, 1.82) is 0 Å². The number of ether oxygens (including phenoxy) is 1. The predicted molar refractivity (Wildman–Crippen MR) is 119 cm³/mol. The molecule has 27 heavy (non-hydrogen) atoms. The van der Waals surface area contributed by atoms with E-state index in [0.717, 1.165) is 32.2 Å². The fourth-order valence-corrected chi connectivity index (χ4v) is 4.07. The molecular weight excluding hydrogens is 334 g/mol. The van der Waals surface area contributed by atoms with E-state index in [1.54, 1.807) is 0 Å². The first kappa shape index (κ1) is 24.9. The number of rotatable bonds is 4. The summed E-state index contributed by atoms with van der Waals surface area (Å²) in [6, 6.07) is 1.34. The summed E-state index contributed by atoms with van der Waals surface area (Å²) in [5, 5.41) is 0. The zero-order valence-electron chi connectivity index (χ0n) is 19.4. The van der Waals surface area contributed by atoms with Crippen LogP contribution < -0.4 is 0 Å². The second-order valence-corrected chi connectivity index (χ2v) is 9.03. The van der Waals surface area contributed by atoms with Gasteiger partial charge in [-0.05, 0) is 85.5 Å². The zero-order valence-corrected chi connectivity index (χ0v) is 19.4. The quantitative estimate of drug-likeness (QED) is 0.718. The van der Waals surface area contributed by atoms with Gasteiger partial charge in [-0.15, -0.1) is 0 Å². The topological polar surface area (TPSA) is 19.0 Å². The largest absolute Gasteiger partial charge is 0.379 e. The number of likely N-dealkylation sites (tertiary alicyclic amines) is 1. The molecule has 0 aromatic rings. The Morgan fingerprint density at radius 1 is 0.741 bits per heavy atom. The fraction of sp³-hybridized carbons (Fsp3) is 1.00. The van der Waals surface area contributed by atoms with E-state index in [-0.39, 0.29) is 0 Å². The Bertz CT molecular complexity index is 341. The van der Waals surface area contributed by atoms with Crippen LogP contribution in [0, 0.1) is 5.92 Å². The Balaban J connectivity index is 0.00000114. The Labute approximate surface area is 170 Å². The molecule has 0 aromatic heterocycles. The highest BCUT2D eigenvalue weighted by Gasteiger charge is 2.22. The van der Waals surface area contributed by atoms with Crippen LogP contribution >= 0.6 is 0 Å². The van der Waals surface area contributed by atoms with Crippen LogP contribution in [-0.2, 0) is 4.74 Å². The summed E-state index contributed by atoms with van der Waals surface area (Å²) in [5.41, 5.74) is 0. The molecule has 0 spiro atoms. The van der Waals surface area contributed by atoms with Crippen molar-refractivity contribution in [2.45, 2.75) is 85.7 Å². The predicted octanol–water partition coefficient (Wildman–Crippen LogP) is 4.35. The number of hydrogen-bond donors (Lipinski definition) is 0. The molecule has 0 aromatic carbocycles. The minimum absolute atomic E-state index is 0.636. The molecule has 0 saturated carbocycles. The maximum atomic E-state index is 5.92. The average Bonchev–Trinajstić information content (AvgIpc) is 2.68. The maximum absolute atomic E-state index is 5.92. The molecule has 2 aliphatic rings. The monoisotopic (exact) mass is 383 g/mol. The minimum atomic E-state index is 0.636. The van der Waals surface area contributed by atoms with Gasteiger partial charge in [0.15, 0.2) is 0 Å². The van der Waals surface area contributed by atoms with E-state index in [9.17, 15) is 0 Å². The third-order valence-corrected chi connectivity index (χ3v) is 5.87. The summed E-state index contributed by atoms with van der Waals surface area (Å²) in [4.78, 5) is 7.88. The van der Waals surface area contributed by atoms with E-state index in [1.165, 1.54) is 64.8 Å². The van der Waals surface area contributed by atoms with Gasteiger partial charge in [-0.25, -0.2) is 0 Å². The standard InChI is InChI=1S/C20H41N3O.C3H8/c1-18(2)22-10-6-5-9-21(13-15-24-16-14-22)17-20-7-11-23(12-8-20)19(3)4;1-3-2/h18-20H,5-17H2,1-4H3;3H2,1-2H3. The second-order valence-electron chi connectivity index (χ2n) is 9.03. The maximum Gasteiger partial charge on any atom is 0.0594 e. The van der Waals surface area contributed by atoms with Gasteiger partial charge in [0.2, 0.25) is 0 Å². The molecule has 2 heterocycles. The van der Waals surface area contributed by atoms with Gasteiger partial charge < -0.3 is 14.5 Å². The Morgan fingerprint density at radius 3 is 1.85 bits per heavy atom. The lowest BCUT2D eigenvalue weighted by Crippen LogP contribution is -2.42. The summed E-state index contributed by atoms with van der Waals surface area (Å²) in [6.45, 7) is 23.8. The lowest BCUT2D eigenvalue weighted by molar-refractivity contribution is 0.0711. The van der Waals surface area contributed by atoms with E-state index < -0.39 is 0 Å². The van der Waals surface area contributed by atoms with E-state index in [0.29, 0.717) is 12.1 Å². The highest BCUT2D eigenvalue weighted by Crippen LogP contribution is 2.20. The molecule has 0 unspecified atom stereocenters. The van der Waals surface area contributed by atoms with Crippen LogP contribution in [0.4, 0.5) is 0 Å². The Morgan fingerprint density at radius 2 is 1.26 bits per heavy atom. The normalized spacial score (nSPS) is 23.1. The van der Waals surface area contributed by atoms with Crippen LogP contribution in [0.5, 0.6) is 0 Å². The van der Waals surface area contributed by atoms with Gasteiger partial charge in [0.25, 0.3) is 0 Å². The summed E-state index contributed by atoms with van der Waals surface area (Å²) >= 11 is 0. The van der Waals surface area contributed by atoms with E-state index in [1.807, 2.05) is 0 Å². The molecule has 4 nitrogen and oxygen atoms in total. The van der Waals surface area contributed by atoms with Crippen LogP contribution in [0.2, 0.25) is 0 Å². The minimum Gasteiger partial charge on any atom is -0.379 e. The molecule has 0 N–H and O–H groups in total. The third-order valence-electron chi connectivity index (χ3n) is 5.87. The van der Waals surface area contributed by atoms with Crippen molar-refractivity contribution in [3.63, 3.8) is 0 Å². The summed E-state index contributed by atoms with van der Waals surface area (Å²) in [6.07, 6.45) is 6.64. The molecule has 162 valence electrons. The van der Waals surface area contributed by atoms with Crippen LogP contribution in [0.15, 0.2) is 0 Å². The number of piperidine rings is 1. The lowest BCUT2D eigenvalue weighted by Gasteiger charge is -2.36. The SMILES string of the molecule is CC(C)N1CCCCN(CC2CCN(C(C)C)CC2)CCOCC1.CCC. The highest BCUT2D eigenvalue weighted by atomic mass is 16.5. The van der Waals surface area contributed by atoms with Gasteiger partial charge in [-0.1, -0.05) is 20.3 Å². The highest BCUT2D eigenvalue weighted by molar-refractivity contribution is 4.77. The summed E-state index contributed by atoms with van der Waals surface area (Å²) in [5.74, 6) is 0.886. The fourth-order valence-electron chi connectivity index (χ4n) is 4.07. The first-order chi connectivity index (χ1) is 13.0. The molecule has 0 atom stereocenters. The second kappa shape index (κ2) is 14.8. The van der Waals surface area contributed by atoms with Crippen molar-refractivity contribution in [2.24, 2.45) is 5.92 Å². The first-order valence-electron chi connectivity index (χ1n) is 11.8. The Kier molecular flexibility index (Phi) is 13.6. The van der Waals surface area contributed by atoms with Crippen molar-refractivity contribution in [2.75, 3.05) is 59.0 Å². The molecule has 2 fully saturated rings. The summed E-state index contributed by atoms with van der Waals surface area (Å²) in [7, 11) is 0. The zero-order chi connectivity index (χ0) is 20.1. The lowest BCUT2D eigenvalue weighted by atomic mass is 9.95. The van der Waals surface area contributed by atoms with Crippen molar-refractivity contribution in [3.05, 3.63) is 0 Å². The third kappa shape index (κ3) is 10.8. The molecule has 0 radical (unpaired) electrons. The first-order valence-corrected chi connectivity index (χ1v) is 11.8. The Hall–Kier alpha value is -0.160. The van der Waals surface area contributed by atoms with Gasteiger partial charge in [-0.3, -0.25) is 4.90 Å². The number of hydrogen-bond acceptors (Lipinski definition) is 4. The van der Waals surface area contributed by atoms with Crippen LogP contribution in [-0.4, -0.2) is 85.8 Å². The van der Waals surface area contributed by atoms with Crippen molar-refractivity contribution in [1.82, 2.24) is 14.7 Å². The van der Waals surface area contributed by atoms with E-state index >= 15 is 0 Å². The molecule has 2 rings (SSSR count). The average molecular weight is 384 g/mol. The summed E-state index contributed by atoms with van der Waals surface area (Å²) < 4.78 is 5.92.